The minimum Gasteiger partial charge on any atom is -0.357 e. The molecule has 23 heavy (non-hydrogen) atoms. The Balaban J connectivity index is 2.24. The van der Waals surface area contributed by atoms with Gasteiger partial charge in [0.25, 0.3) is 0 Å². The number of unbranched alkanes of at least 4 members (excludes halogenated alkanes) is 1. The normalized spacial score (nSPS) is 12.0. The second-order valence-electron chi connectivity index (χ2n) is 6.20. The van der Waals surface area contributed by atoms with E-state index in [1.807, 2.05) is 0 Å². The molecule has 0 amide bonds. The van der Waals surface area contributed by atoms with Gasteiger partial charge in [0.05, 0.1) is 0 Å². The number of hydrogen-bond donors (Lipinski definition) is 2. The molecule has 0 spiro atoms. The van der Waals surface area contributed by atoms with E-state index in [0.29, 0.717) is 6.04 Å². The highest BCUT2D eigenvalue weighted by atomic mass is 15.2. The highest BCUT2D eigenvalue weighted by Crippen LogP contribution is 1.99. The Morgan fingerprint density at radius 1 is 1.13 bits per heavy atom. The zero-order chi connectivity index (χ0) is 16.9. The van der Waals surface area contributed by atoms with Gasteiger partial charge < -0.3 is 15.5 Å². The van der Waals surface area contributed by atoms with Crippen LogP contribution in [0.1, 0.15) is 39.2 Å². The second kappa shape index (κ2) is 11.9. The van der Waals surface area contributed by atoms with Gasteiger partial charge in [-0.25, -0.2) is 0 Å². The summed E-state index contributed by atoms with van der Waals surface area (Å²) >= 11 is 0. The van der Waals surface area contributed by atoms with Gasteiger partial charge in [0.2, 0.25) is 0 Å². The highest BCUT2D eigenvalue weighted by Gasteiger charge is 2.02. The van der Waals surface area contributed by atoms with E-state index < -0.39 is 0 Å². The third-order valence-corrected chi connectivity index (χ3v) is 3.96. The van der Waals surface area contributed by atoms with Gasteiger partial charge in [0.15, 0.2) is 5.96 Å². The third kappa shape index (κ3) is 9.24. The molecule has 2 N–H and O–H groups in total. The van der Waals surface area contributed by atoms with Crippen LogP contribution in [0, 0.1) is 0 Å². The number of hydrogen-bond acceptors (Lipinski definition) is 2. The van der Waals surface area contributed by atoms with Crippen molar-refractivity contribution >= 4 is 5.96 Å². The second-order valence-corrected chi connectivity index (χ2v) is 6.20. The molecule has 0 unspecified atom stereocenters. The lowest BCUT2D eigenvalue weighted by Gasteiger charge is -2.20. The summed E-state index contributed by atoms with van der Waals surface area (Å²) in [7, 11) is 2.18. The lowest BCUT2D eigenvalue weighted by molar-refractivity contribution is 0.269. The van der Waals surface area contributed by atoms with Gasteiger partial charge in [-0.05, 0) is 59.2 Å². The van der Waals surface area contributed by atoms with Gasteiger partial charge in [-0.3, -0.25) is 4.99 Å². The molecule has 0 radical (unpaired) electrons. The lowest BCUT2D eigenvalue weighted by atomic mass is 10.1. The molecule has 0 heterocycles. The Morgan fingerprint density at radius 2 is 1.87 bits per heavy atom. The SMILES string of the molecule is CCNC(=NCCCCN(C)C(C)C)NCCc1ccccc1. The fourth-order valence-corrected chi connectivity index (χ4v) is 2.23. The van der Waals surface area contributed by atoms with Crippen molar-refractivity contribution in [2.45, 2.75) is 46.1 Å². The summed E-state index contributed by atoms with van der Waals surface area (Å²) in [4.78, 5) is 7.04. The Labute approximate surface area is 142 Å². The fourth-order valence-electron chi connectivity index (χ4n) is 2.23. The zero-order valence-corrected chi connectivity index (χ0v) is 15.3. The van der Waals surface area contributed by atoms with Gasteiger partial charge in [-0.15, -0.1) is 0 Å². The van der Waals surface area contributed by atoms with Gasteiger partial charge in [-0.2, -0.15) is 0 Å². The molecule has 0 saturated heterocycles. The van der Waals surface area contributed by atoms with Crippen LogP contribution in [-0.2, 0) is 6.42 Å². The van der Waals surface area contributed by atoms with Crippen LogP contribution in [0.25, 0.3) is 0 Å². The van der Waals surface area contributed by atoms with E-state index in [-0.39, 0.29) is 0 Å². The molecule has 0 atom stereocenters. The topological polar surface area (TPSA) is 39.7 Å². The first-order chi connectivity index (χ1) is 11.1. The van der Waals surface area contributed by atoms with Crippen molar-refractivity contribution in [2.75, 3.05) is 33.2 Å². The molecule has 0 saturated carbocycles. The quantitative estimate of drug-likeness (QED) is 0.396. The standard InChI is InChI=1S/C19H34N4/c1-5-20-19(21-14-9-10-16-23(4)17(2)3)22-15-13-18-11-7-6-8-12-18/h6-8,11-12,17H,5,9-10,13-16H2,1-4H3,(H2,20,21,22). The highest BCUT2D eigenvalue weighted by molar-refractivity contribution is 5.79. The van der Waals surface area contributed by atoms with E-state index in [1.54, 1.807) is 0 Å². The lowest BCUT2D eigenvalue weighted by Crippen LogP contribution is -2.38. The van der Waals surface area contributed by atoms with Crippen molar-refractivity contribution in [1.29, 1.82) is 0 Å². The maximum Gasteiger partial charge on any atom is 0.191 e. The molecule has 4 nitrogen and oxygen atoms in total. The summed E-state index contributed by atoms with van der Waals surface area (Å²) in [5.41, 5.74) is 1.35. The molecule has 1 aromatic rings. The van der Waals surface area contributed by atoms with E-state index in [9.17, 15) is 0 Å². The summed E-state index contributed by atoms with van der Waals surface area (Å²) in [6.45, 7) is 10.4. The van der Waals surface area contributed by atoms with Crippen LogP contribution in [0.5, 0.6) is 0 Å². The molecule has 0 aliphatic carbocycles. The van der Waals surface area contributed by atoms with Crippen molar-refractivity contribution in [2.24, 2.45) is 4.99 Å². The van der Waals surface area contributed by atoms with Crippen molar-refractivity contribution in [1.82, 2.24) is 15.5 Å². The molecule has 130 valence electrons. The molecule has 4 heteroatoms. The predicted molar refractivity (Wildman–Crippen MR) is 101 cm³/mol. The molecule has 0 fully saturated rings. The van der Waals surface area contributed by atoms with Crippen molar-refractivity contribution in [3.05, 3.63) is 35.9 Å². The first-order valence-electron chi connectivity index (χ1n) is 8.89. The van der Waals surface area contributed by atoms with Crippen LogP contribution in [0.15, 0.2) is 35.3 Å². The van der Waals surface area contributed by atoms with Crippen molar-refractivity contribution in [3.8, 4) is 0 Å². The van der Waals surface area contributed by atoms with Gasteiger partial charge >= 0.3 is 0 Å². The summed E-state index contributed by atoms with van der Waals surface area (Å²) < 4.78 is 0. The summed E-state index contributed by atoms with van der Waals surface area (Å²) in [5, 5.41) is 6.73. The number of benzene rings is 1. The average Bonchev–Trinajstić information content (AvgIpc) is 2.55. The molecule has 0 aromatic heterocycles. The molecule has 0 aliphatic heterocycles. The van der Waals surface area contributed by atoms with Crippen LogP contribution in [-0.4, -0.2) is 50.1 Å². The largest absolute Gasteiger partial charge is 0.357 e. The molecular formula is C19H34N4. The van der Waals surface area contributed by atoms with Gasteiger partial charge in [0, 0.05) is 25.7 Å². The first kappa shape index (κ1) is 19.5. The van der Waals surface area contributed by atoms with Crippen molar-refractivity contribution < 1.29 is 0 Å². The Kier molecular flexibility index (Phi) is 10.1. The molecule has 1 rings (SSSR count). The minimum absolute atomic E-state index is 0.621. The summed E-state index contributed by atoms with van der Waals surface area (Å²) in [5.74, 6) is 0.931. The smallest absolute Gasteiger partial charge is 0.191 e. The van der Waals surface area contributed by atoms with Crippen LogP contribution < -0.4 is 10.6 Å². The summed E-state index contributed by atoms with van der Waals surface area (Å²) in [6, 6.07) is 11.2. The Bertz CT molecular complexity index is 428. The Morgan fingerprint density at radius 3 is 2.52 bits per heavy atom. The number of nitrogens with zero attached hydrogens (tertiary/aromatic N) is 2. The van der Waals surface area contributed by atoms with E-state index in [1.165, 1.54) is 12.0 Å². The average molecular weight is 319 g/mol. The van der Waals surface area contributed by atoms with Gasteiger partial charge in [0.1, 0.15) is 0 Å². The van der Waals surface area contributed by atoms with Crippen molar-refractivity contribution in [3.63, 3.8) is 0 Å². The van der Waals surface area contributed by atoms with E-state index in [0.717, 1.165) is 45.0 Å². The molecule has 1 aromatic carbocycles. The molecule has 0 bridgehead atoms. The zero-order valence-electron chi connectivity index (χ0n) is 15.3. The number of nitrogens with one attached hydrogen (secondary N) is 2. The number of rotatable bonds is 10. The maximum atomic E-state index is 4.66. The maximum absolute atomic E-state index is 4.66. The Hall–Kier alpha value is -1.55. The molecular weight excluding hydrogens is 284 g/mol. The minimum atomic E-state index is 0.621. The van der Waals surface area contributed by atoms with E-state index in [2.05, 4.69) is 78.7 Å². The van der Waals surface area contributed by atoms with Crippen LogP contribution in [0.4, 0.5) is 0 Å². The fraction of sp³-hybridized carbons (Fsp3) is 0.632. The van der Waals surface area contributed by atoms with Crippen LogP contribution in [0.2, 0.25) is 0 Å². The predicted octanol–water partition coefficient (Wildman–Crippen LogP) is 2.90. The van der Waals surface area contributed by atoms with E-state index in [4.69, 9.17) is 0 Å². The monoisotopic (exact) mass is 318 g/mol. The summed E-state index contributed by atoms with van der Waals surface area (Å²) in [6.07, 6.45) is 3.35. The van der Waals surface area contributed by atoms with Crippen LogP contribution >= 0.6 is 0 Å². The van der Waals surface area contributed by atoms with Gasteiger partial charge in [-0.1, -0.05) is 30.3 Å². The van der Waals surface area contributed by atoms with Crippen LogP contribution in [0.3, 0.4) is 0 Å². The number of aliphatic imine (C=N–C) groups is 1. The third-order valence-electron chi connectivity index (χ3n) is 3.96. The van der Waals surface area contributed by atoms with E-state index >= 15 is 0 Å². The molecule has 0 aliphatic rings. The first-order valence-corrected chi connectivity index (χ1v) is 8.89. The number of guanidine groups is 1.